The largest absolute Gasteiger partial charge is 0.366 e. The third kappa shape index (κ3) is 3.25. The highest BCUT2D eigenvalue weighted by Gasteiger charge is 2.25. The van der Waals surface area contributed by atoms with Crippen LogP contribution in [0.4, 0.5) is 8.78 Å². The van der Waals surface area contributed by atoms with Gasteiger partial charge < -0.3 is 10.7 Å². The van der Waals surface area contributed by atoms with E-state index in [9.17, 15) is 18.4 Å². The summed E-state index contributed by atoms with van der Waals surface area (Å²) >= 11 is 6.03. The van der Waals surface area contributed by atoms with Crippen molar-refractivity contribution in [1.82, 2.24) is 9.97 Å². The third-order valence-electron chi connectivity index (χ3n) is 4.52. The van der Waals surface area contributed by atoms with Crippen LogP contribution in [0, 0.1) is 11.6 Å². The summed E-state index contributed by atoms with van der Waals surface area (Å²) in [5.74, 6) is -4.42. The lowest BCUT2D eigenvalue weighted by Gasteiger charge is -2.07. The molecule has 0 aliphatic carbocycles. The van der Waals surface area contributed by atoms with Crippen LogP contribution in [0.3, 0.4) is 0 Å². The number of hydrogen-bond acceptors (Lipinski definition) is 3. The Bertz CT molecular complexity index is 1300. The summed E-state index contributed by atoms with van der Waals surface area (Å²) in [6.07, 6.45) is 2.91. The topological polar surface area (TPSA) is 88.8 Å². The van der Waals surface area contributed by atoms with Crippen molar-refractivity contribution in [3.05, 3.63) is 88.2 Å². The molecule has 0 saturated heterocycles. The summed E-state index contributed by atoms with van der Waals surface area (Å²) in [6.45, 7) is 0. The van der Waals surface area contributed by atoms with Crippen molar-refractivity contribution in [3.8, 4) is 11.1 Å². The van der Waals surface area contributed by atoms with Crippen LogP contribution in [0.2, 0.25) is 5.02 Å². The number of carbonyl (C=O) groups is 2. The summed E-state index contributed by atoms with van der Waals surface area (Å²) in [5, 5.41) is 0.899. The van der Waals surface area contributed by atoms with Crippen molar-refractivity contribution in [2.75, 3.05) is 0 Å². The van der Waals surface area contributed by atoms with Gasteiger partial charge in [0.05, 0.1) is 11.1 Å². The van der Waals surface area contributed by atoms with Crippen molar-refractivity contribution < 1.29 is 18.4 Å². The van der Waals surface area contributed by atoms with Crippen LogP contribution in [0.15, 0.2) is 54.9 Å². The molecule has 0 radical (unpaired) electrons. The molecule has 1 amide bonds. The number of amides is 1. The normalized spacial score (nSPS) is 11.0. The predicted molar refractivity (Wildman–Crippen MR) is 105 cm³/mol. The maximum Gasteiger partial charge on any atom is 0.251 e. The Hall–Kier alpha value is -3.58. The van der Waals surface area contributed by atoms with Gasteiger partial charge in [-0.15, -0.1) is 0 Å². The second-order valence-corrected chi connectivity index (χ2v) is 6.75. The third-order valence-corrected chi connectivity index (χ3v) is 4.75. The van der Waals surface area contributed by atoms with E-state index in [1.165, 1.54) is 6.20 Å². The number of nitrogens with one attached hydrogen (secondary N) is 1. The fourth-order valence-electron chi connectivity index (χ4n) is 3.10. The van der Waals surface area contributed by atoms with Crippen molar-refractivity contribution >= 4 is 34.3 Å². The maximum absolute atomic E-state index is 14.6. The number of aromatic nitrogens is 2. The highest BCUT2D eigenvalue weighted by molar-refractivity contribution is 6.30. The first-order valence-corrected chi connectivity index (χ1v) is 8.80. The number of hydrogen-bond donors (Lipinski definition) is 2. The maximum atomic E-state index is 14.6. The van der Waals surface area contributed by atoms with Gasteiger partial charge in [0.25, 0.3) is 5.91 Å². The van der Waals surface area contributed by atoms with Crippen molar-refractivity contribution in [1.29, 1.82) is 0 Å². The van der Waals surface area contributed by atoms with Gasteiger partial charge in [0.1, 0.15) is 17.3 Å². The fourth-order valence-corrected chi connectivity index (χ4v) is 3.29. The number of ketones is 1. The van der Waals surface area contributed by atoms with Gasteiger partial charge in [0.15, 0.2) is 0 Å². The van der Waals surface area contributed by atoms with Crippen LogP contribution >= 0.6 is 11.6 Å². The zero-order chi connectivity index (χ0) is 20.7. The first-order chi connectivity index (χ1) is 13.9. The van der Waals surface area contributed by atoms with Crippen LogP contribution in [0.5, 0.6) is 0 Å². The van der Waals surface area contributed by atoms with Gasteiger partial charge >= 0.3 is 0 Å². The molecule has 0 bridgehead atoms. The molecular weight excluding hydrogens is 400 g/mol. The number of aromatic amines is 1. The molecule has 0 atom stereocenters. The average molecular weight is 412 g/mol. The van der Waals surface area contributed by atoms with E-state index in [0.717, 1.165) is 17.7 Å². The molecular formula is C21H12ClF2N3O2. The van der Waals surface area contributed by atoms with E-state index in [0.29, 0.717) is 21.6 Å². The summed E-state index contributed by atoms with van der Waals surface area (Å²) in [4.78, 5) is 31.4. The minimum Gasteiger partial charge on any atom is -0.366 e. The van der Waals surface area contributed by atoms with Crippen LogP contribution in [0.25, 0.3) is 22.2 Å². The van der Waals surface area contributed by atoms with E-state index in [-0.39, 0.29) is 5.56 Å². The SMILES string of the molecule is NC(=O)c1ccc(F)c(C(=O)c2c[nH]c3ncc(-c4cccc(Cl)c4)cc23)c1F. The highest BCUT2D eigenvalue weighted by Crippen LogP contribution is 2.29. The monoisotopic (exact) mass is 411 g/mol. The summed E-state index contributed by atoms with van der Waals surface area (Å²) in [6, 6.07) is 10.4. The molecule has 0 unspecified atom stereocenters. The molecule has 29 heavy (non-hydrogen) atoms. The molecule has 3 N–H and O–H groups in total. The number of rotatable bonds is 4. The second kappa shape index (κ2) is 7.10. The summed E-state index contributed by atoms with van der Waals surface area (Å²) in [7, 11) is 0. The Morgan fingerprint density at radius 1 is 1.03 bits per heavy atom. The number of primary amides is 1. The number of pyridine rings is 1. The van der Waals surface area contributed by atoms with Gasteiger partial charge in [-0.2, -0.15) is 0 Å². The molecule has 2 aromatic heterocycles. The number of carbonyl (C=O) groups excluding carboxylic acids is 2. The molecule has 0 aliphatic rings. The Balaban J connectivity index is 1.87. The molecule has 5 nitrogen and oxygen atoms in total. The van der Waals surface area contributed by atoms with Gasteiger partial charge in [-0.25, -0.2) is 13.8 Å². The number of nitrogens with zero attached hydrogens (tertiary/aromatic N) is 1. The molecule has 8 heteroatoms. The van der Waals surface area contributed by atoms with Crippen LogP contribution < -0.4 is 5.73 Å². The Morgan fingerprint density at radius 2 is 1.83 bits per heavy atom. The lowest BCUT2D eigenvalue weighted by molar-refractivity contribution is 0.0996. The second-order valence-electron chi connectivity index (χ2n) is 6.31. The number of benzene rings is 2. The highest BCUT2D eigenvalue weighted by atomic mass is 35.5. The van der Waals surface area contributed by atoms with Gasteiger partial charge in [-0.05, 0) is 35.9 Å². The first kappa shape index (κ1) is 18.8. The molecule has 2 heterocycles. The Kier molecular flexibility index (Phi) is 4.60. The molecule has 0 spiro atoms. The standard InChI is InChI=1S/C21H12ClF2N3O2/c22-12-3-1-2-10(6-12)11-7-14-15(9-27-21(14)26-8-11)19(28)17-16(23)5-4-13(18(17)24)20(25)29/h1-9H,(H2,25,29)(H,26,27). The zero-order valence-corrected chi connectivity index (χ0v) is 15.4. The van der Waals surface area contributed by atoms with E-state index in [1.54, 1.807) is 30.5 Å². The lowest BCUT2D eigenvalue weighted by atomic mass is 9.98. The van der Waals surface area contributed by atoms with E-state index in [4.69, 9.17) is 17.3 Å². The van der Waals surface area contributed by atoms with Crippen LogP contribution in [0.1, 0.15) is 26.3 Å². The Labute approximate surface area is 168 Å². The van der Waals surface area contributed by atoms with Crippen LogP contribution in [-0.2, 0) is 0 Å². The fraction of sp³-hybridized carbons (Fsp3) is 0. The van der Waals surface area contributed by atoms with Gasteiger partial charge in [-0.3, -0.25) is 9.59 Å². The predicted octanol–water partition coefficient (Wildman–Crippen LogP) is 4.49. The quantitative estimate of drug-likeness (QED) is 0.485. The van der Waals surface area contributed by atoms with Gasteiger partial charge in [-0.1, -0.05) is 23.7 Å². The summed E-state index contributed by atoms with van der Waals surface area (Å²) in [5.41, 5.74) is 5.49. The van der Waals surface area contributed by atoms with Crippen molar-refractivity contribution in [2.45, 2.75) is 0 Å². The molecule has 4 aromatic rings. The number of halogens is 3. The smallest absolute Gasteiger partial charge is 0.251 e. The van der Waals surface area contributed by atoms with E-state index in [2.05, 4.69) is 9.97 Å². The first-order valence-electron chi connectivity index (χ1n) is 8.42. The summed E-state index contributed by atoms with van der Waals surface area (Å²) < 4.78 is 28.9. The van der Waals surface area contributed by atoms with Crippen LogP contribution in [-0.4, -0.2) is 21.7 Å². The van der Waals surface area contributed by atoms with E-state index in [1.807, 2.05) is 6.07 Å². The van der Waals surface area contributed by atoms with Crippen molar-refractivity contribution in [3.63, 3.8) is 0 Å². The number of fused-ring (bicyclic) bond motifs is 1. The van der Waals surface area contributed by atoms with Gasteiger partial charge in [0, 0.05) is 33.9 Å². The van der Waals surface area contributed by atoms with Crippen molar-refractivity contribution in [2.24, 2.45) is 5.73 Å². The molecule has 144 valence electrons. The Morgan fingerprint density at radius 3 is 2.55 bits per heavy atom. The molecule has 0 aliphatic heterocycles. The zero-order valence-electron chi connectivity index (χ0n) is 14.7. The van der Waals surface area contributed by atoms with Gasteiger partial charge in [0.2, 0.25) is 5.78 Å². The number of nitrogens with two attached hydrogens (primary N) is 1. The lowest BCUT2D eigenvalue weighted by Crippen LogP contribution is -2.17. The number of H-pyrrole nitrogens is 1. The molecule has 0 fully saturated rings. The average Bonchev–Trinajstić information content (AvgIpc) is 3.10. The molecule has 4 rings (SSSR count). The molecule has 2 aromatic carbocycles. The minimum atomic E-state index is -1.30. The van der Waals surface area contributed by atoms with E-state index >= 15 is 0 Å². The van der Waals surface area contributed by atoms with E-state index < -0.39 is 34.5 Å². The molecule has 0 saturated carbocycles. The minimum absolute atomic E-state index is 0.01000.